The number of rotatable bonds is 3. The lowest BCUT2D eigenvalue weighted by Gasteiger charge is -2.26. The van der Waals surface area contributed by atoms with Crippen molar-refractivity contribution in [1.29, 1.82) is 0 Å². The second kappa shape index (κ2) is 8.04. The van der Waals surface area contributed by atoms with Crippen LogP contribution in [0.4, 0.5) is 4.79 Å². The molecular formula is C26H30N4O4. The number of hydrogen-bond acceptors (Lipinski definition) is 5. The fourth-order valence-corrected chi connectivity index (χ4v) is 4.41. The lowest BCUT2D eigenvalue weighted by Crippen LogP contribution is -2.37. The summed E-state index contributed by atoms with van der Waals surface area (Å²) in [6.45, 7) is 8.56. The summed E-state index contributed by atoms with van der Waals surface area (Å²) >= 11 is 0. The van der Waals surface area contributed by atoms with E-state index in [1.54, 1.807) is 11.0 Å². The molecule has 1 aromatic carbocycles. The molecule has 1 N–H and O–H groups in total. The number of nitrogens with zero attached hydrogens (tertiary/aromatic N) is 3. The van der Waals surface area contributed by atoms with Gasteiger partial charge >= 0.3 is 6.09 Å². The van der Waals surface area contributed by atoms with Gasteiger partial charge in [-0.05, 0) is 58.2 Å². The van der Waals surface area contributed by atoms with Gasteiger partial charge in [-0.25, -0.2) is 9.78 Å². The highest BCUT2D eigenvalue weighted by molar-refractivity contribution is 5.98. The summed E-state index contributed by atoms with van der Waals surface area (Å²) in [6, 6.07) is 9.51. The van der Waals surface area contributed by atoms with Crippen molar-refractivity contribution in [2.75, 3.05) is 13.2 Å². The highest BCUT2D eigenvalue weighted by Crippen LogP contribution is 2.45. The Morgan fingerprint density at radius 3 is 2.71 bits per heavy atom. The van der Waals surface area contributed by atoms with Crippen molar-refractivity contribution in [3.63, 3.8) is 0 Å². The summed E-state index contributed by atoms with van der Waals surface area (Å²) in [5, 5.41) is 3.23. The molecule has 34 heavy (non-hydrogen) atoms. The molecular weight excluding hydrogens is 432 g/mol. The van der Waals surface area contributed by atoms with Gasteiger partial charge in [-0.2, -0.15) is 0 Å². The summed E-state index contributed by atoms with van der Waals surface area (Å²) in [4.78, 5) is 32.3. The van der Waals surface area contributed by atoms with E-state index in [9.17, 15) is 9.59 Å². The molecule has 178 valence electrons. The third-order valence-electron chi connectivity index (χ3n) is 6.27. The van der Waals surface area contributed by atoms with E-state index in [1.165, 1.54) is 0 Å². The van der Waals surface area contributed by atoms with Crippen molar-refractivity contribution < 1.29 is 19.1 Å². The van der Waals surface area contributed by atoms with E-state index in [1.807, 2.05) is 51.4 Å². The zero-order chi connectivity index (χ0) is 24.1. The molecule has 0 bridgehead atoms. The zero-order valence-corrected chi connectivity index (χ0v) is 20.1. The van der Waals surface area contributed by atoms with E-state index in [4.69, 9.17) is 9.47 Å². The standard InChI is InChI=1S/C26H30N4O4/c1-17-7-6-12-30-20(17)15-27-23(30)26(10-11-26)28-22(31)19-9-5-8-18-16-29(13-14-33-21(18)19)24(32)34-25(2,3)4/h5-9,12,15H,10-11,13-14,16H2,1-4H3,(H,28,31). The molecule has 8 nitrogen and oxygen atoms in total. The molecule has 2 amide bonds. The van der Waals surface area contributed by atoms with Crippen molar-refractivity contribution in [2.24, 2.45) is 0 Å². The highest BCUT2D eigenvalue weighted by Gasteiger charge is 2.49. The smallest absolute Gasteiger partial charge is 0.410 e. The fourth-order valence-electron chi connectivity index (χ4n) is 4.41. The second-order valence-electron chi connectivity index (χ2n) is 10.1. The maximum Gasteiger partial charge on any atom is 0.410 e. The van der Waals surface area contributed by atoms with Crippen LogP contribution in [0.15, 0.2) is 42.7 Å². The molecule has 2 aliphatic rings. The summed E-state index contributed by atoms with van der Waals surface area (Å²) in [7, 11) is 0. The molecule has 3 heterocycles. The number of benzene rings is 1. The number of nitrogens with one attached hydrogen (secondary N) is 1. The van der Waals surface area contributed by atoms with Crippen LogP contribution in [0.3, 0.4) is 0 Å². The highest BCUT2D eigenvalue weighted by atomic mass is 16.6. The number of aromatic nitrogens is 2. The average Bonchev–Trinajstić information content (AvgIpc) is 3.46. The van der Waals surface area contributed by atoms with Gasteiger partial charge in [0, 0.05) is 11.8 Å². The summed E-state index contributed by atoms with van der Waals surface area (Å²) < 4.78 is 13.6. The number of fused-ring (bicyclic) bond motifs is 2. The number of carbonyl (C=O) groups excluding carboxylic acids is 2. The van der Waals surface area contributed by atoms with E-state index in [0.29, 0.717) is 24.4 Å². The van der Waals surface area contributed by atoms with Crippen molar-refractivity contribution in [1.82, 2.24) is 19.6 Å². The minimum Gasteiger partial charge on any atom is -0.491 e. The van der Waals surface area contributed by atoms with Gasteiger partial charge in [0.05, 0.1) is 35.9 Å². The van der Waals surface area contributed by atoms with Gasteiger partial charge in [0.2, 0.25) is 0 Å². The molecule has 1 saturated carbocycles. The van der Waals surface area contributed by atoms with E-state index in [-0.39, 0.29) is 12.5 Å². The van der Waals surface area contributed by atoms with Crippen LogP contribution in [-0.2, 0) is 16.8 Å². The van der Waals surface area contributed by atoms with Crippen LogP contribution in [0, 0.1) is 6.92 Å². The van der Waals surface area contributed by atoms with Crippen LogP contribution in [0.2, 0.25) is 0 Å². The Morgan fingerprint density at radius 2 is 1.97 bits per heavy atom. The quantitative estimate of drug-likeness (QED) is 0.631. The number of aryl methyl sites for hydroxylation is 1. The van der Waals surface area contributed by atoms with Crippen LogP contribution in [-0.4, -0.2) is 45.0 Å². The lowest BCUT2D eigenvalue weighted by atomic mass is 10.1. The first-order valence-corrected chi connectivity index (χ1v) is 11.7. The Kier molecular flexibility index (Phi) is 5.26. The molecule has 1 aliphatic carbocycles. The van der Waals surface area contributed by atoms with Crippen LogP contribution in [0.1, 0.15) is 60.9 Å². The number of imidazole rings is 1. The Labute approximate surface area is 198 Å². The van der Waals surface area contributed by atoms with Gasteiger partial charge in [0.25, 0.3) is 5.91 Å². The van der Waals surface area contributed by atoms with Gasteiger partial charge in [0.15, 0.2) is 0 Å². The molecule has 1 aliphatic heterocycles. The maximum absolute atomic E-state index is 13.5. The molecule has 0 unspecified atom stereocenters. The number of carbonyl (C=O) groups is 2. The maximum atomic E-state index is 13.5. The van der Waals surface area contributed by atoms with E-state index in [0.717, 1.165) is 35.3 Å². The molecule has 2 aromatic heterocycles. The second-order valence-corrected chi connectivity index (χ2v) is 10.1. The van der Waals surface area contributed by atoms with E-state index >= 15 is 0 Å². The van der Waals surface area contributed by atoms with Crippen LogP contribution < -0.4 is 10.1 Å². The number of para-hydroxylation sites is 1. The molecule has 8 heteroatoms. The number of ether oxygens (including phenoxy) is 2. The van der Waals surface area contributed by atoms with Crippen LogP contribution >= 0.6 is 0 Å². The first-order valence-electron chi connectivity index (χ1n) is 11.7. The van der Waals surface area contributed by atoms with Crippen molar-refractivity contribution >= 4 is 17.5 Å². The first kappa shape index (κ1) is 22.3. The minimum absolute atomic E-state index is 0.204. The van der Waals surface area contributed by atoms with E-state index < -0.39 is 17.2 Å². The van der Waals surface area contributed by atoms with Gasteiger partial charge < -0.3 is 24.1 Å². The molecule has 0 radical (unpaired) electrons. The number of hydrogen-bond donors (Lipinski definition) is 1. The zero-order valence-electron chi connectivity index (χ0n) is 20.1. The van der Waals surface area contributed by atoms with E-state index in [2.05, 4.69) is 27.7 Å². The normalized spacial score (nSPS) is 16.9. The first-order chi connectivity index (χ1) is 16.2. The summed E-state index contributed by atoms with van der Waals surface area (Å²) in [5.74, 6) is 1.16. The molecule has 3 aromatic rings. The average molecular weight is 463 g/mol. The predicted molar refractivity (Wildman–Crippen MR) is 127 cm³/mol. The van der Waals surface area contributed by atoms with Crippen LogP contribution in [0.25, 0.3) is 5.52 Å². The Bertz CT molecular complexity index is 1270. The Balaban J connectivity index is 1.39. The molecule has 0 saturated heterocycles. The predicted octanol–water partition coefficient (Wildman–Crippen LogP) is 4.19. The Morgan fingerprint density at radius 1 is 1.18 bits per heavy atom. The number of pyridine rings is 1. The fraction of sp³-hybridized carbons (Fsp3) is 0.423. The topological polar surface area (TPSA) is 85.2 Å². The van der Waals surface area contributed by atoms with Crippen LogP contribution in [0.5, 0.6) is 5.75 Å². The molecule has 5 rings (SSSR count). The SMILES string of the molecule is Cc1cccn2c(C3(NC(=O)c4cccc5c4OCCN(C(=O)OC(C)(C)C)C5)CC3)ncc12. The van der Waals surface area contributed by atoms with Crippen molar-refractivity contribution in [3.05, 3.63) is 65.2 Å². The summed E-state index contributed by atoms with van der Waals surface area (Å²) in [6.07, 6.45) is 5.11. The van der Waals surface area contributed by atoms with Gasteiger partial charge in [-0.15, -0.1) is 0 Å². The third-order valence-corrected chi connectivity index (χ3v) is 6.27. The third kappa shape index (κ3) is 4.08. The molecule has 0 spiro atoms. The van der Waals surface area contributed by atoms with Crippen molar-refractivity contribution in [2.45, 2.75) is 58.2 Å². The van der Waals surface area contributed by atoms with Gasteiger partial charge in [-0.1, -0.05) is 18.2 Å². The van der Waals surface area contributed by atoms with Gasteiger partial charge in [0.1, 0.15) is 23.8 Å². The minimum atomic E-state index is -0.580. The van der Waals surface area contributed by atoms with Crippen molar-refractivity contribution in [3.8, 4) is 5.75 Å². The Hall–Kier alpha value is -3.55. The van der Waals surface area contributed by atoms with Gasteiger partial charge in [-0.3, -0.25) is 4.79 Å². The molecule has 0 atom stereocenters. The lowest BCUT2D eigenvalue weighted by molar-refractivity contribution is 0.0225. The number of amides is 2. The molecule has 1 fully saturated rings. The monoisotopic (exact) mass is 462 g/mol. The largest absolute Gasteiger partial charge is 0.491 e. The summed E-state index contributed by atoms with van der Waals surface area (Å²) in [5.41, 5.74) is 2.35.